The summed E-state index contributed by atoms with van der Waals surface area (Å²) in [5.41, 5.74) is 2.81. The predicted octanol–water partition coefficient (Wildman–Crippen LogP) is 0.468. The number of hydrogen-bond acceptors (Lipinski definition) is 2. The van der Waals surface area contributed by atoms with E-state index in [-0.39, 0.29) is 11.8 Å². The standard InChI is InChI=1S/C25H40N4O2/c1-19(2)25(22-11-9-21(10-12-22)20-7-5-4-6-8-20)27-17-24(31)29-15-13-28(14-16-29)18-23(30)26-3/h9-12,19-20,25,27H,4-8,13-18H2,1-3H3,(H,26,30)/p+2/t25-/m1/s1. The Morgan fingerprint density at radius 2 is 1.74 bits per heavy atom. The molecule has 2 fully saturated rings. The Morgan fingerprint density at radius 1 is 1.10 bits per heavy atom. The molecule has 1 heterocycles. The highest BCUT2D eigenvalue weighted by Crippen LogP contribution is 2.33. The Bertz CT molecular complexity index is 705. The summed E-state index contributed by atoms with van der Waals surface area (Å²) < 4.78 is 0. The molecule has 1 atom stereocenters. The first-order valence-corrected chi connectivity index (χ1v) is 12.2. The van der Waals surface area contributed by atoms with E-state index >= 15 is 0 Å². The van der Waals surface area contributed by atoms with E-state index in [1.165, 1.54) is 48.1 Å². The Morgan fingerprint density at radius 3 is 2.32 bits per heavy atom. The van der Waals surface area contributed by atoms with Gasteiger partial charge in [-0.25, -0.2) is 0 Å². The molecule has 0 aromatic heterocycles. The first-order valence-electron chi connectivity index (χ1n) is 12.2. The van der Waals surface area contributed by atoms with Crippen LogP contribution in [-0.4, -0.2) is 63.0 Å². The molecular formula is C25H42N4O2+2. The maximum atomic E-state index is 12.8. The lowest BCUT2D eigenvalue weighted by Gasteiger charge is -2.32. The second kappa shape index (κ2) is 11.6. The molecule has 1 aromatic rings. The van der Waals surface area contributed by atoms with Crippen LogP contribution >= 0.6 is 0 Å². The van der Waals surface area contributed by atoms with Gasteiger partial charge < -0.3 is 20.4 Å². The van der Waals surface area contributed by atoms with Crippen molar-refractivity contribution < 1.29 is 19.8 Å². The van der Waals surface area contributed by atoms with Crippen molar-refractivity contribution in [1.29, 1.82) is 0 Å². The first-order chi connectivity index (χ1) is 15.0. The lowest BCUT2D eigenvalue weighted by molar-refractivity contribution is -0.896. The smallest absolute Gasteiger partial charge is 0.278 e. The molecule has 0 unspecified atom stereocenters. The lowest BCUT2D eigenvalue weighted by Crippen LogP contribution is -3.16. The molecular weight excluding hydrogens is 388 g/mol. The lowest BCUT2D eigenvalue weighted by atomic mass is 9.83. The molecule has 2 amide bonds. The summed E-state index contributed by atoms with van der Waals surface area (Å²) >= 11 is 0. The van der Waals surface area contributed by atoms with E-state index in [1.807, 2.05) is 4.90 Å². The van der Waals surface area contributed by atoms with Crippen LogP contribution in [0.25, 0.3) is 0 Å². The quantitative estimate of drug-likeness (QED) is 0.561. The molecule has 3 rings (SSSR count). The molecule has 1 aromatic carbocycles. The van der Waals surface area contributed by atoms with Gasteiger partial charge in [0.2, 0.25) is 0 Å². The van der Waals surface area contributed by atoms with Gasteiger partial charge in [-0.2, -0.15) is 0 Å². The fraction of sp³-hybridized carbons (Fsp3) is 0.680. The van der Waals surface area contributed by atoms with Crippen molar-refractivity contribution in [1.82, 2.24) is 10.2 Å². The Kier molecular flexibility index (Phi) is 8.90. The van der Waals surface area contributed by atoms with Crippen molar-refractivity contribution in [2.45, 2.75) is 57.9 Å². The highest BCUT2D eigenvalue weighted by molar-refractivity contribution is 5.77. The largest absolute Gasteiger partial charge is 0.354 e. The Labute approximate surface area is 187 Å². The number of carbonyl (C=O) groups excluding carboxylic acids is 2. The zero-order chi connectivity index (χ0) is 22.2. The number of nitrogens with two attached hydrogens (primary N) is 1. The van der Waals surface area contributed by atoms with E-state index in [0.29, 0.717) is 25.0 Å². The number of rotatable bonds is 8. The van der Waals surface area contributed by atoms with Crippen LogP contribution < -0.4 is 15.5 Å². The average molecular weight is 431 g/mol. The van der Waals surface area contributed by atoms with E-state index in [4.69, 9.17) is 0 Å². The van der Waals surface area contributed by atoms with Crippen molar-refractivity contribution in [2.75, 3.05) is 46.3 Å². The summed E-state index contributed by atoms with van der Waals surface area (Å²) in [6.45, 7) is 8.62. The predicted molar refractivity (Wildman–Crippen MR) is 123 cm³/mol. The molecule has 31 heavy (non-hydrogen) atoms. The number of quaternary nitrogens is 2. The molecule has 0 bridgehead atoms. The topological polar surface area (TPSA) is 70.5 Å². The van der Waals surface area contributed by atoms with Crippen LogP contribution in [-0.2, 0) is 9.59 Å². The minimum Gasteiger partial charge on any atom is -0.354 e. The van der Waals surface area contributed by atoms with Crippen LogP contribution in [0.3, 0.4) is 0 Å². The third kappa shape index (κ3) is 6.78. The number of piperazine rings is 1. The summed E-state index contributed by atoms with van der Waals surface area (Å²) in [7, 11) is 1.67. The summed E-state index contributed by atoms with van der Waals surface area (Å²) in [5.74, 6) is 1.47. The van der Waals surface area contributed by atoms with Crippen molar-refractivity contribution in [3.8, 4) is 0 Å². The maximum Gasteiger partial charge on any atom is 0.278 e. The normalized spacial score (nSPS) is 19.4. The number of nitrogens with one attached hydrogen (secondary N) is 2. The molecule has 1 saturated carbocycles. The molecule has 1 aliphatic heterocycles. The Hall–Kier alpha value is -1.92. The van der Waals surface area contributed by atoms with Crippen molar-refractivity contribution in [3.05, 3.63) is 35.4 Å². The third-order valence-corrected chi connectivity index (χ3v) is 7.18. The fourth-order valence-corrected chi connectivity index (χ4v) is 5.14. The second-order valence-electron chi connectivity index (χ2n) is 9.69. The van der Waals surface area contributed by atoms with Crippen molar-refractivity contribution in [2.24, 2.45) is 5.92 Å². The van der Waals surface area contributed by atoms with Gasteiger partial charge in [-0.3, -0.25) is 9.59 Å². The van der Waals surface area contributed by atoms with Crippen LogP contribution in [0.1, 0.15) is 69.0 Å². The number of carbonyl (C=O) groups is 2. The van der Waals surface area contributed by atoms with Gasteiger partial charge in [0.25, 0.3) is 11.8 Å². The molecule has 172 valence electrons. The summed E-state index contributed by atoms with van der Waals surface area (Å²) in [5, 5.41) is 4.90. The molecule has 6 heteroatoms. The van der Waals surface area contributed by atoms with Crippen LogP contribution in [0.5, 0.6) is 0 Å². The van der Waals surface area contributed by atoms with E-state index < -0.39 is 0 Å². The molecule has 1 aliphatic carbocycles. The first kappa shape index (κ1) is 23.7. The third-order valence-electron chi connectivity index (χ3n) is 7.18. The minimum absolute atomic E-state index is 0.0670. The monoisotopic (exact) mass is 430 g/mol. The number of hydrogen-bond donors (Lipinski definition) is 3. The average Bonchev–Trinajstić information content (AvgIpc) is 2.80. The van der Waals surface area contributed by atoms with Gasteiger partial charge in [-0.15, -0.1) is 0 Å². The zero-order valence-electron chi connectivity index (χ0n) is 19.7. The second-order valence-corrected chi connectivity index (χ2v) is 9.69. The highest BCUT2D eigenvalue weighted by Gasteiger charge is 2.27. The molecule has 0 spiro atoms. The highest BCUT2D eigenvalue weighted by atomic mass is 16.2. The van der Waals surface area contributed by atoms with Crippen molar-refractivity contribution in [3.63, 3.8) is 0 Å². The van der Waals surface area contributed by atoms with Crippen molar-refractivity contribution >= 4 is 11.8 Å². The van der Waals surface area contributed by atoms with Gasteiger partial charge >= 0.3 is 0 Å². The zero-order valence-corrected chi connectivity index (χ0v) is 19.7. The molecule has 4 N–H and O–H groups in total. The molecule has 1 saturated heterocycles. The maximum absolute atomic E-state index is 12.8. The van der Waals surface area contributed by atoms with Gasteiger partial charge in [0.1, 0.15) is 6.04 Å². The summed E-state index contributed by atoms with van der Waals surface area (Å²) in [6.07, 6.45) is 6.76. The van der Waals surface area contributed by atoms with Crippen LogP contribution in [0, 0.1) is 5.92 Å². The van der Waals surface area contributed by atoms with E-state index in [9.17, 15) is 9.59 Å². The van der Waals surface area contributed by atoms with E-state index in [0.717, 1.165) is 32.1 Å². The Balaban J connectivity index is 1.50. The minimum atomic E-state index is 0.0670. The number of amides is 2. The fourth-order valence-electron chi connectivity index (χ4n) is 5.14. The molecule has 6 nitrogen and oxygen atoms in total. The van der Waals surface area contributed by atoms with Crippen LogP contribution in [0.15, 0.2) is 24.3 Å². The molecule has 2 aliphatic rings. The van der Waals surface area contributed by atoms with E-state index in [1.54, 1.807) is 7.05 Å². The number of likely N-dealkylation sites (N-methyl/N-ethyl adjacent to an activating group) is 1. The van der Waals surface area contributed by atoms with Gasteiger partial charge in [-0.1, -0.05) is 57.4 Å². The van der Waals surface area contributed by atoms with Gasteiger partial charge in [-0.05, 0) is 24.3 Å². The number of benzene rings is 1. The van der Waals surface area contributed by atoms with Gasteiger partial charge in [0, 0.05) is 18.5 Å². The van der Waals surface area contributed by atoms with E-state index in [2.05, 4.69) is 48.7 Å². The van der Waals surface area contributed by atoms with Gasteiger partial charge in [0.15, 0.2) is 13.1 Å². The van der Waals surface area contributed by atoms with Crippen LogP contribution in [0.2, 0.25) is 0 Å². The SMILES string of the molecule is CNC(=O)C[NH+]1CCN(C(=O)C[NH2+][C@@H](c2ccc(C3CCCCC3)cc2)C(C)C)CC1. The van der Waals surface area contributed by atoms with Gasteiger partial charge in [0.05, 0.1) is 26.2 Å². The summed E-state index contributed by atoms with van der Waals surface area (Å²) in [4.78, 5) is 27.6. The number of nitrogens with zero attached hydrogens (tertiary/aromatic N) is 1. The molecule has 0 radical (unpaired) electrons. The van der Waals surface area contributed by atoms with Crippen LogP contribution in [0.4, 0.5) is 0 Å². The summed E-state index contributed by atoms with van der Waals surface area (Å²) in [6, 6.07) is 9.52.